The van der Waals surface area contributed by atoms with Crippen molar-refractivity contribution in [2.24, 2.45) is 0 Å². The van der Waals surface area contributed by atoms with Crippen LogP contribution < -0.4 is 4.74 Å². The van der Waals surface area contributed by atoms with Crippen LogP contribution in [-0.4, -0.2) is 77.8 Å². The van der Waals surface area contributed by atoms with Gasteiger partial charge in [0.2, 0.25) is 0 Å². The van der Waals surface area contributed by atoms with E-state index in [-0.39, 0.29) is 30.1 Å². The Morgan fingerprint density at radius 2 is 2.00 bits per heavy atom. The lowest BCUT2D eigenvalue weighted by atomic mass is 9.92. The van der Waals surface area contributed by atoms with Crippen molar-refractivity contribution in [2.75, 3.05) is 46.0 Å². The zero-order valence-electron chi connectivity index (χ0n) is 16.7. The summed E-state index contributed by atoms with van der Waals surface area (Å²) in [6, 6.07) is 6.02. The van der Waals surface area contributed by atoms with Gasteiger partial charge in [-0.2, -0.15) is 5.10 Å². The number of nitrogens with one attached hydrogen (secondary N) is 1. The third-order valence-corrected chi connectivity index (χ3v) is 5.57. The maximum atomic E-state index is 13.7. The zero-order valence-corrected chi connectivity index (χ0v) is 16.7. The number of para-hydroxylation sites is 1. The number of aromatic nitrogens is 2. The molecule has 8 nitrogen and oxygen atoms in total. The number of halogens is 1. The molecule has 0 aliphatic carbocycles. The summed E-state index contributed by atoms with van der Waals surface area (Å²) in [4.78, 5) is 29.0. The maximum Gasteiger partial charge on any atom is 0.260 e. The summed E-state index contributed by atoms with van der Waals surface area (Å²) in [5.41, 5.74) is 1.32. The van der Waals surface area contributed by atoms with Crippen LogP contribution in [0.15, 0.2) is 30.5 Å². The zero-order chi connectivity index (χ0) is 20.9. The van der Waals surface area contributed by atoms with Gasteiger partial charge in [-0.1, -0.05) is 12.1 Å². The molecule has 2 aromatic rings. The van der Waals surface area contributed by atoms with Gasteiger partial charge in [-0.3, -0.25) is 14.7 Å². The Kier molecular flexibility index (Phi) is 6.27. The molecule has 0 bridgehead atoms. The van der Waals surface area contributed by atoms with E-state index in [1.54, 1.807) is 28.1 Å². The van der Waals surface area contributed by atoms with E-state index in [0.29, 0.717) is 45.0 Å². The predicted octanol–water partition coefficient (Wildman–Crippen LogP) is 1.81. The van der Waals surface area contributed by atoms with Crippen molar-refractivity contribution < 1.29 is 23.5 Å². The third kappa shape index (κ3) is 4.46. The Labute approximate surface area is 173 Å². The molecule has 160 valence electrons. The lowest BCUT2D eigenvalue weighted by molar-refractivity contribution is -0.134. The van der Waals surface area contributed by atoms with Gasteiger partial charge in [0.1, 0.15) is 0 Å². The standard InChI is InChI=1S/C21H25FN4O4/c22-17-5-1-2-6-18(17)30-14-19(27)26-7-3-4-15(13-26)20-16(12-23-24-20)21(28)25-8-10-29-11-9-25/h1-2,5-6,12,15H,3-4,7-11,13-14H2,(H,23,24). The van der Waals surface area contributed by atoms with Crippen LogP contribution in [0, 0.1) is 5.82 Å². The number of nitrogens with zero attached hydrogens (tertiary/aromatic N) is 3. The third-order valence-electron chi connectivity index (χ3n) is 5.57. The van der Waals surface area contributed by atoms with Gasteiger partial charge in [0.05, 0.1) is 30.7 Å². The van der Waals surface area contributed by atoms with Gasteiger partial charge in [-0.15, -0.1) is 0 Å². The van der Waals surface area contributed by atoms with Gasteiger partial charge >= 0.3 is 0 Å². The highest BCUT2D eigenvalue weighted by molar-refractivity contribution is 5.95. The first-order valence-electron chi connectivity index (χ1n) is 10.2. The summed E-state index contributed by atoms with van der Waals surface area (Å²) in [5, 5.41) is 7.07. The maximum absolute atomic E-state index is 13.7. The van der Waals surface area contributed by atoms with E-state index in [2.05, 4.69) is 10.2 Å². The SMILES string of the molecule is O=C(COc1ccccc1F)N1CCCC(c2[nH]ncc2C(=O)N2CCOCC2)C1. The van der Waals surface area contributed by atoms with Crippen LogP contribution >= 0.6 is 0 Å². The number of carbonyl (C=O) groups excluding carboxylic acids is 2. The number of hydrogen-bond acceptors (Lipinski definition) is 5. The fourth-order valence-corrected chi connectivity index (χ4v) is 3.95. The van der Waals surface area contributed by atoms with Crippen molar-refractivity contribution in [1.29, 1.82) is 0 Å². The van der Waals surface area contributed by atoms with Crippen molar-refractivity contribution in [3.63, 3.8) is 0 Å². The van der Waals surface area contributed by atoms with E-state index in [9.17, 15) is 14.0 Å². The average Bonchev–Trinajstić information content (AvgIpc) is 3.28. The molecule has 1 N–H and O–H groups in total. The average molecular weight is 416 g/mol. The number of piperidine rings is 1. The number of carbonyl (C=O) groups is 2. The number of H-pyrrole nitrogens is 1. The molecule has 2 amide bonds. The second-order valence-electron chi connectivity index (χ2n) is 7.50. The van der Waals surface area contributed by atoms with Gasteiger partial charge in [0.25, 0.3) is 11.8 Å². The second-order valence-corrected chi connectivity index (χ2v) is 7.50. The van der Waals surface area contributed by atoms with Crippen molar-refractivity contribution >= 4 is 11.8 Å². The topological polar surface area (TPSA) is 87.8 Å². The van der Waals surface area contributed by atoms with Crippen LogP contribution in [0.5, 0.6) is 5.75 Å². The molecular weight excluding hydrogens is 391 g/mol. The number of amides is 2. The number of aromatic amines is 1. The monoisotopic (exact) mass is 416 g/mol. The molecule has 2 aliphatic heterocycles. The second kappa shape index (κ2) is 9.25. The van der Waals surface area contributed by atoms with Crippen molar-refractivity contribution in [3.05, 3.63) is 47.5 Å². The van der Waals surface area contributed by atoms with Crippen LogP contribution in [-0.2, 0) is 9.53 Å². The van der Waals surface area contributed by atoms with Gasteiger partial charge in [0, 0.05) is 32.1 Å². The minimum absolute atomic E-state index is 0.0151. The molecule has 0 radical (unpaired) electrons. The number of ether oxygens (including phenoxy) is 2. The summed E-state index contributed by atoms with van der Waals surface area (Å²) in [6.07, 6.45) is 3.22. The summed E-state index contributed by atoms with van der Waals surface area (Å²) >= 11 is 0. The van der Waals surface area contributed by atoms with E-state index < -0.39 is 5.82 Å². The smallest absolute Gasteiger partial charge is 0.260 e. The molecule has 9 heteroatoms. The first-order chi connectivity index (χ1) is 14.6. The van der Waals surface area contributed by atoms with Crippen LogP contribution in [0.1, 0.15) is 34.8 Å². The molecule has 0 saturated carbocycles. The molecule has 2 aliphatic rings. The molecular formula is C21H25FN4O4. The van der Waals surface area contributed by atoms with Gasteiger partial charge in [-0.25, -0.2) is 4.39 Å². The van der Waals surface area contributed by atoms with E-state index in [0.717, 1.165) is 18.5 Å². The Bertz CT molecular complexity index is 897. The van der Waals surface area contributed by atoms with Gasteiger partial charge < -0.3 is 19.3 Å². The van der Waals surface area contributed by atoms with Crippen molar-refractivity contribution in [3.8, 4) is 5.75 Å². The minimum Gasteiger partial charge on any atom is -0.481 e. The highest BCUT2D eigenvalue weighted by atomic mass is 19.1. The van der Waals surface area contributed by atoms with Gasteiger partial charge in [0.15, 0.2) is 18.2 Å². The molecule has 4 rings (SSSR count). The number of rotatable bonds is 5. The fraction of sp³-hybridized carbons (Fsp3) is 0.476. The van der Waals surface area contributed by atoms with Crippen molar-refractivity contribution in [2.45, 2.75) is 18.8 Å². The Balaban J connectivity index is 1.39. The van der Waals surface area contributed by atoms with Crippen molar-refractivity contribution in [1.82, 2.24) is 20.0 Å². The number of hydrogen-bond donors (Lipinski definition) is 1. The first-order valence-corrected chi connectivity index (χ1v) is 10.2. The number of likely N-dealkylation sites (tertiary alicyclic amines) is 1. The fourth-order valence-electron chi connectivity index (χ4n) is 3.95. The summed E-state index contributed by atoms with van der Waals surface area (Å²) in [7, 11) is 0. The van der Waals surface area contributed by atoms with Gasteiger partial charge in [-0.05, 0) is 25.0 Å². The molecule has 0 spiro atoms. The molecule has 1 aromatic heterocycles. The van der Waals surface area contributed by atoms with Crippen LogP contribution in [0.2, 0.25) is 0 Å². The Morgan fingerprint density at radius 1 is 1.20 bits per heavy atom. The summed E-state index contributed by atoms with van der Waals surface area (Å²) < 4.78 is 24.4. The molecule has 1 atom stereocenters. The first kappa shape index (κ1) is 20.3. The van der Waals surface area contributed by atoms with Crippen LogP contribution in [0.3, 0.4) is 0 Å². The molecule has 3 heterocycles. The quantitative estimate of drug-likeness (QED) is 0.803. The summed E-state index contributed by atoms with van der Waals surface area (Å²) in [5.74, 6) is -0.715. The Hall–Kier alpha value is -2.94. The highest BCUT2D eigenvalue weighted by Crippen LogP contribution is 2.29. The van der Waals surface area contributed by atoms with Crippen LogP contribution in [0.25, 0.3) is 0 Å². The number of morpholine rings is 1. The molecule has 2 saturated heterocycles. The van der Waals surface area contributed by atoms with E-state index in [1.165, 1.54) is 12.1 Å². The lowest BCUT2D eigenvalue weighted by Gasteiger charge is -2.33. The minimum atomic E-state index is -0.495. The molecule has 2 fully saturated rings. The largest absolute Gasteiger partial charge is 0.481 e. The molecule has 30 heavy (non-hydrogen) atoms. The number of benzene rings is 1. The summed E-state index contributed by atoms with van der Waals surface area (Å²) in [6.45, 7) is 3.04. The molecule has 1 aromatic carbocycles. The lowest BCUT2D eigenvalue weighted by Crippen LogP contribution is -2.43. The Morgan fingerprint density at radius 3 is 2.80 bits per heavy atom. The highest BCUT2D eigenvalue weighted by Gasteiger charge is 2.31. The van der Waals surface area contributed by atoms with Crippen LogP contribution in [0.4, 0.5) is 4.39 Å². The van der Waals surface area contributed by atoms with E-state index in [1.807, 2.05) is 0 Å². The normalized spacial score (nSPS) is 19.6. The van der Waals surface area contributed by atoms with E-state index >= 15 is 0 Å². The van der Waals surface area contributed by atoms with E-state index in [4.69, 9.17) is 9.47 Å². The predicted molar refractivity (Wildman–Crippen MR) is 106 cm³/mol. The molecule has 1 unspecified atom stereocenters.